The van der Waals surface area contributed by atoms with E-state index in [4.69, 9.17) is 4.84 Å². The molecule has 1 aromatic heterocycles. The number of hydrogen-bond acceptors (Lipinski definition) is 2. The van der Waals surface area contributed by atoms with E-state index in [1.807, 2.05) is 13.1 Å². The molecule has 1 N–H and O–H groups in total. The molecule has 1 heterocycles. The summed E-state index contributed by atoms with van der Waals surface area (Å²) in [5, 5.41) is 9.50. The van der Waals surface area contributed by atoms with Crippen LogP contribution in [0.15, 0.2) is 18.3 Å². The zero-order valence-corrected chi connectivity index (χ0v) is 11.0. The normalized spacial score (nSPS) is 10.5. The summed E-state index contributed by atoms with van der Waals surface area (Å²) in [4.78, 5) is 5.58. The minimum atomic E-state index is 0.274. The fraction of sp³-hybridized carbons (Fsp3) is 0.643. The van der Waals surface area contributed by atoms with Crippen molar-refractivity contribution in [1.82, 2.24) is 0 Å². The summed E-state index contributed by atoms with van der Waals surface area (Å²) in [7, 11) is 0. The second kappa shape index (κ2) is 7.93. The van der Waals surface area contributed by atoms with Gasteiger partial charge >= 0.3 is 0 Å². The van der Waals surface area contributed by atoms with Crippen molar-refractivity contribution in [2.75, 3.05) is 6.61 Å². The number of unbranched alkanes of at least 4 members (excludes halogenated alkanes) is 5. The number of nitrogens with zero attached hydrogens (tertiary/aromatic N) is 1. The third-order valence-corrected chi connectivity index (χ3v) is 2.91. The molecule has 3 heteroatoms. The summed E-state index contributed by atoms with van der Waals surface area (Å²) in [5.74, 6) is 0.274. The average Bonchev–Trinajstić information content (AvgIpc) is 2.33. The van der Waals surface area contributed by atoms with Crippen LogP contribution in [0.5, 0.6) is 5.75 Å². The third-order valence-electron chi connectivity index (χ3n) is 2.91. The molecule has 0 aromatic carbocycles. The van der Waals surface area contributed by atoms with E-state index >= 15 is 0 Å². The largest absolute Gasteiger partial charge is 0.502 e. The maximum Gasteiger partial charge on any atom is 0.272 e. The summed E-state index contributed by atoms with van der Waals surface area (Å²) >= 11 is 0. The molecule has 0 aliphatic carbocycles. The Morgan fingerprint density at radius 1 is 1.18 bits per heavy atom. The molecular weight excluding hydrogens is 214 g/mol. The first kappa shape index (κ1) is 13.8. The first-order valence-corrected chi connectivity index (χ1v) is 6.59. The predicted molar refractivity (Wildman–Crippen MR) is 67.9 cm³/mol. The Balaban J connectivity index is 2.16. The van der Waals surface area contributed by atoms with Crippen molar-refractivity contribution >= 4 is 0 Å². The average molecular weight is 238 g/mol. The highest BCUT2D eigenvalue weighted by molar-refractivity contribution is 5.18. The number of rotatable bonds is 8. The Morgan fingerprint density at radius 2 is 1.88 bits per heavy atom. The molecule has 0 atom stereocenters. The fourth-order valence-electron chi connectivity index (χ4n) is 1.74. The van der Waals surface area contributed by atoms with Crippen LogP contribution >= 0.6 is 0 Å². The summed E-state index contributed by atoms with van der Waals surface area (Å²) in [6, 6.07) is 3.45. The number of aromatic hydroxyl groups is 1. The molecule has 0 saturated carbocycles. The van der Waals surface area contributed by atoms with Crippen LogP contribution in [0, 0.1) is 6.92 Å². The van der Waals surface area contributed by atoms with Crippen molar-refractivity contribution in [3.8, 4) is 5.75 Å². The minimum Gasteiger partial charge on any atom is -0.502 e. The van der Waals surface area contributed by atoms with Gasteiger partial charge in [0.1, 0.15) is 0 Å². The molecule has 0 spiro atoms. The lowest BCUT2D eigenvalue weighted by molar-refractivity contribution is -0.895. The molecule has 0 aliphatic rings. The number of pyridine rings is 1. The Hall–Kier alpha value is -1.25. The van der Waals surface area contributed by atoms with Crippen LogP contribution in [-0.2, 0) is 0 Å². The molecule has 1 aromatic rings. The molecule has 0 amide bonds. The van der Waals surface area contributed by atoms with Gasteiger partial charge in [0.05, 0.1) is 0 Å². The van der Waals surface area contributed by atoms with Crippen molar-refractivity contribution in [2.45, 2.75) is 52.4 Å². The number of hydrogen-bond donors (Lipinski definition) is 1. The molecule has 0 unspecified atom stereocenters. The van der Waals surface area contributed by atoms with Crippen LogP contribution in [0.4, 0.5) is 0 Å². The van der Waals surface area contributed by atoms with E-state index in [0.29, 0.717) is 6.61 Å². The molecule has 0 saturated heterocycles. The van der Waals surface area contributed by atoms with Crippen LogP contribution < -0.4 is 9.57 Å². The molecule has 0 fully saturated rings. The topological polar surface area (TPSA) is 33.3 Å². The smallest absolute Gasteiger partial charge is 0.272 e. The van der Waals surface area contributed by atoms with E-state index in [2.05, 4.69) is 6.92 Å². The molecule has 0 aliphatic heterocycles. The summed E-state index contributed by atoms with van der Waals surface area (Å²) in [6.45, 7) is 4.78. The Kier molecular flexibility index (Phi) is 6.45. The number of aromatic nitrogens is 1. The highest BCUT2D eigenvalue weighted by atomic mass is 16.7. The van der Waals surface area contributed by atoms with Crippen LogP contribution in [0.3, 0.4) is 0 Å². The van der Waals surface area contributed by atoms with Crippen molar-refractivity contribution in [3.63, 3.8) is 0 Å². The lowest BCUT2D eigenvalue weighted by Gasteiger charge is -2.02. The third kappa shape index (κ3) is 5.07. The molecule has 3 nitrogen and oxygen atoms in total. The molecule has 0 bridgehead atoms. The van der Waals surface area contributed by atoms with Crippen LogP contribution in [0.2, 0.25) is 0 Å². The first-order chi connectivity index (χ1) is 8.25. The maximum absolute atomic E-state index is 9.50. The van der Waals surface area contributed by atoms with Crippen molar-refractivity contribution < 1.29 is 14.7 Å². The van der Waals surface area contributed by atoms with Gasteiger partial charge in [-0.25, -0.2) is 0 Å². The van der Waals surface area contributed by atoms with E-state index in [0.717, 1.165) is 12.1 Å². The van der Waals surface area contributed by atoms with Gasteiger partial charge in [-0.15, -0.1) is 0 Å². The van der Waals surface area contributed by atoms with Gasteiger partial charge in [-0.1, -0.05) is 32.6 Å². The standard InChI is InChI=1S/C14H23NO2/c1-3-4-5-6-7-8-12-17-15-11-9-10-14(16)13(15)2/h9-11H,3-8,12H2,1-2H3/p+1. The second-order valence-electron chi connectivity index (χ2n) is 4.41. The van der Waals surface area contributed by atoms with Gasteiger partial charge in [-0.05, 0) is 18.9 Å². The minimum absolute atomic E-state index is 0.274. The lowest BCUT2D eigenvalue weighted by Crippen LogP contribution is -2.45. The van der Waals surface area contributed by atoms with E-state index in [1.54, 1.807) is 16.9 Å². The Bertz CT molecular complexity index is 326. The molecule has 1 rings (SSSR count). The SMILES string of the molecule is CCCCCCCCO[n+]1cccc(O)c1C. The van der Waals surface area contributed by atoms with Gasteiger partial charge in [0.2, 0.25) is 6.20 Å². The molecule has 0 radical (unpaired) electrons. The monoisotopic (exact) mass is 238 g/mol. The summed E-state index contributed by atoms with van der Waals surface area (Å²) in [6.07, 6.45) is 9.36. The van der Waals surface area contributed by atoms with Crippen LogP contribution in [0.25, 0.3) is 0 Å². The van der Waals surface area contributed by atoms with E-state index in [-0.39, 0.29) is 5.75 Å². The zero-order chi connectivity index (χ0) is 12.5. The molecule has 17 heavy (non-hydrogen) atoms. The Labute approximate surface area is 104 Å². The van der Waals surface area contributed by atoms with E-state index in [9.17, 15) is 5.11 Å². The van der Waals surface area contributed by atoms with Crippen molar-refractivity contribution in [3.05, 3.63) is 24.0 Å². The van der Waals surface area contributed by atoms with Gasteiger partial charge in [0.25, 0.3) is 5.69 Å². The van der Waals surface area contributed by atoms with Crippen molar-refractivity contribution in [1.29, 1.82) is 0 Å². The second-order valence-corrected chi connectivity index (χ2v) is 4.41. The van der Waals surface area contributed by atoms with E-state index in [1.165, 1.54) is 32.1 Å². The summed E-state index contributed by atoms with van der Waals surface area (Å²) in [5.41, 5.74) is 0.749. The first-order valence-electron chi connectivity index (χ1n) is 6.59. The van der Waals surface area contributed by atoms with Gasteiger partial charge in [0.15, 0.2) is 12.4 Å². The quantitative estimate of drug-likeness (QED) is 0.558. The van der Waals surface area contributed by atoms with Crippen LogP contribution in [-0.4, -0.2) is 11.7 Å². The van der Waals surface area contributed by atoms with Gasteiger partial charge in [-0.3, -0.25) is 4.84 Å². The van der Waals surface area contributed by atoms with Gasteiger partial charge in [0, 0.05) is 17.7 Å². The highest BCUT2D eigenvalue weighted by Crippen LogP contribution is 2.08. The highest BCUT2D eigenvalue weighted by Gasteiger charge is 2.11. The Morgan fingerprint density at radius 3 is 2.65 bits per heavy atom. The maximum atomic E-state index is 9.50. The van der Waals surface area contributed by atoms with Gasteiger partial charge < -0.3 is 5.11 Å². The van der Waals surface area contributed by atoms with Crippen molar-refractivity contribution in [2.24, 2.45) is 0 Å². The summed E-state index contributed by atoms with van der Waals surface area (Å²) < 4.78 is 1.64. The van der Waals surface area contributed by atoms with Crippen LogP contribution in [0.1, 0.15) is 51.1 Å². The lowest BCUT2D eigenvalue weighted by atomic mass is 10.1. The molecule has 96 valence electrons. The fourth-order valence-corrected chi connectivity index (χ4v) is 1.74. The zero-order valence-electron chi connectivity index (χ0n) is 11.0. The van der Waals surface area contributed by atoms with Gasteiger partial charge in [-0.2, -0.15) is 0 Å². The predicted octanol–water partition coefficient (Wildman–Crippen LogP) is 2.78. The molecular formula is C14H24NO2+. The van der Waals surface area contributed by atoms with E-state index < -0.39 is 0 Å².